The highest BCUT2D eigenvalue weighted by Crippen LogP contribution is 2.06. The SMILES string of the molecule is O=C(O)c1cccc(CS(=O)[O-])c1. The fourth-order valence-electron chi connectivity index (χ4n) is 0.930. The van der Waals surface area contributed by atoms with Crippen molar-refractivity contribution in [3.63, 3.8) is 0 Å². The molecule has 0 aliphatic rings. The third kappa shape index (κ3) is 2.96. The van der Waals surface area contributed by atoms with E-state index in [2.05, 4.69) is 0 Å². The average molecular weight is 199 g/mol. The van der Waals surface area contributed by atoms with Gasteiger partial charge in [-0.3, -0.25) is 4.21 Å². The summed E-state index contributed by atoms with van der Waals surface area (Å²) < 4.78 is 20.6. The number of hydrogen-bond donors (Lipinski definition) is 1. The van der Waals surface area contributed by atoms with E-state index < -0.39 is 17.0 Å². The smallest absolute Gasteiger partial charge is 0.335 e. The summed E-state index contributed by atoms with van der Waals surface area (Å²) in [5, 5.41) is 8.59. The minimum Gasteiger partial charge on any atom is -0.772 e. The van der Waals surface area contributed by atoms with Crippen molar-refractivity contribution < 1.29 is 18.7 Å². The quantitative estimate of drug-likeness (QED) is 0.729. The summed E-state index contributed by atoms with van der Waals surface area (Å²) in [6.45, 7) is 0. The second kappa shape index (κ2) is 4.15. The Morgan fingerprint density at radius 1 is 1.54 bits per heavy atom. The Kier molecular flexibility index (Phi) is 3.16. The number of carboxylic acids is 1. The highest BCUT2D eigenvalue weighted by molar-refractivity contribution is 7.78. The first-order valence-electron chi connectivity index (χ1n) is 3.47. The van der Waals surface area contributed by atoms with Gasteiger partial charge in [0.05, 0.1) is 5.56 Å². The maximum absolute atomic E-state index is 10.5. The van der Waals surface area contributed by atoms with Crippen LogP contribution in [0.15, 0.2) is 24.3 Å². The first kappa shape index (κ1) is 9.88. The Morgan fingerprint density at radius 3 is 2.77 bits per heavy atom. The van der Waals surface area contributed by atoms with E-state index in [1.54, 1.807) is 6.07 Å². The largest absolute Gasteiger partial charge is 0.772 e. The zero-order valence-electron chi connectivity index (χ0n) is 6.60. The number of benzene rings is 1. The number of hydrogen-bond acceptors (Lipinski definition) is 3. The van der Waals surface area contributed by atoms with E-state index in [1.165, 1.54) is 18.2 Å². The highest BCUT2D eigenvalue weighted by Gasteiger charge is 2.02. The molecular weight excluding hydrogens is 192 g/mol. The van der Waals surface area contributed by atoms with E-state index >= 15 is 0 Å². The lowest BCUT2D eigenvalue weighted by atomic mass is 10.1. The Morgan fingerprint density at radius 2 is 2.23 bits per heavy atom. The van der Waals surface area contributed by atoms with Gasteiger partial charge in [0, 0.05) is 5.75 Å². The van der Waals surface area contributed by atoms with Crippen LogP contribution in [0.5, 0.6) is 0 Å². The van der Waals surface area contributed by atoms with Gasteiger partial charge in [0.2, 0.25) is 0 Å². The monoisotopic (exact) mass is 199 g/mol. The van der Waals surface area contributed by atoms with E-state index in [1.807, 2.05) is 0 Å². The van der Waals surface area contributed by atoms with Crippen molar-refractivity contribution >= 4 is 17.0 Å². The van der Waals surface area contributed by atoms with Gasteiger partial charge >= 0.3 is 5.97 Å². The Balaban J connectivity index is 2.91. The summed E-state index contributed by atoms with van der Waals surface area (Å²) in [5.41, 5.74) is 0.580. The molecule has 70 valence electrons. The molecule has 0 radical (unpaired) electrons. The topological polar surface area (TPSA) is 77.4 Å². The molecule has 1 aromatic carbocycles. The van der Waals surface area contributed by atoms with Crippen LogP contribution in [0.3, 0.4) is 0 Å². The number of carboxylic acid groups (broad SMARTS) is 1. The molecule has 0 aliphatic heterocycles. The molecule has 4 nitrogen and oxygen atoms in total. The highest BCUT2D eigenvalue weighted by atomic mass is 32.2. The molecule has 1 atom stereocenters. The fourth-order valence-corrected chi connectivity index (χ4v) is 1.38. The average Bonchev–Trinajstić information content (AvgIpc) is 2.03. The van der Waals surface area contributed by atoms with Crippen molar-refractivity contribution in [1.29, 1.82) is 0 Å². The van der Waals surface area contributed by atoms with E-state index in [4.69, 9.17) is 5.11 Å². The second-order valence-electron chi connectivity index (χ2n) is 2.45. The third-order valence-corrected chi connectivity index (χ3v) is 2.03. The summed E-state index contributed by atoms with van der Waals surface area (Å²) in [7, 11) is 0. The molecule has 1 aromatic rings. The number of aromatic carboxylic acids is 1. The molecule has 1 N–H and O–H groups in total. The molecule has 0 aliphatic carbocycles. The molecule has 0 amide bonds. The summed E-state index contributed by atoms with van der Waals surface area (Å²) in [4.78, 5) is 10.5. The zero-order valence-corrected chi connectivity index (χ0v) is 7.41. The molecule has 0 fully saturated rings. The van der Waals surface area contributed by atoms with Gasteiger partial charge in [-0.1, -0.05) is 23.2 Å². The summed E-state index contributed by atoms with van der Waals surface area (Å²) in [6, 6.07) is 5.85. The van der Waals surface area contributed by atoms with Crippen LogP contribution in [0.1, 0.15) is 15.9 Å². The van der Waals surface area contributed by atoms with Crippen LogP contribution >= 0.6 is 0 Å². The number of carbonyl (C=O) groups is 1. The molecule has 1 rings (SSSR count). The molecule has 5 heteroatoms. The summed E-state index contributed by atoms with van der Waals surface area (Å²) in [5.74, 6) is -1.21. The van der Waals surface area contributed by atoms with Crippen molar-refractivity contribution in [2.24, 2.45) is 0 Å². The molecule has 1 unspecified atom stereocenters. The normalized spacial score (nSPS) is 12.4. The predicted molar refractivity (Wildman–Crippen MR) is 46.0 cm³/mol. The van der Waals surface area contributed by atoms with Crippen molar-refractivity contribution in [2.45, 2.75) is 5.75 Å². The van der Waals surface area contributed by atoms with Gasteiger partial charge in [-0.25, -0.2) is 4.79 Å². The Bertz CT molecular complexity index is 348. The van der Waals surface area contributed by atoms with Gasteiger partial charge in [0.1, 0.15) is 0 Å². The predicted octanol–water partition coefficient (Wildman–Crippen LogP) is 0.764. The summed E-state index contributed by atoms with van der Waals surface area (Å²) >= 11 is -2.18. The summed E-state index contributed by atoms with van der Waals surface area (Å²) in [6.07, 6.45) is 0. The molecule has 0 saturated carbocycles. The van der Waals surface area contributed by atoms with E-state index in [9.17, 15) is 13.6 Å². The van der Waals surface area contributed by atoms with Gasteiger partial charge in [-0.2, -0.15) is 0 Å². The molecule has 0 bridgehead atoms. The van der Waals surface area contributed by atoms with Gasteiger partial charge in [-0.15, -0.1) is 0 Å². The lowest BCUT2D eigenvalue weighted by Gasteiger charge is -2.04. The van der Waals surface area contributed by atoms with Crippen molar-refractivity contribution in [3.8, 4) is 0 Å². The van der Waals surface area contributed by atoms with Crippen LogP contribution in [-0.4, -0.2) is 19.8 Å². The van der Waals surface area contributed by atoms with Crippen LogP contribution in [0.4, 0.5) is 0 Å². The van der Waals surface area contributed by atoms with Gasteiger partial charge in [0.15, 0.2) is 0 Å². The van der Waals surface area contributed by atoms with Crippen molar-refractivity contribution in [2.75, 3.05) is 0 Å². The first-order chi connectivity index (χ1) is 6.09. The van der Waals surface area contributed by atoms with Gasteiger partial charge in [-0.05, 0) is 17.7 Å². The van der Waals surface area contributed by atoms with Crippen molar-refractivity contribution in [1.82, 2.24) is 0 Å². The van der Waals surface area contributed by atoms with Gasteiger partial charge in [0.25, 0.3) is 0 Å². The lowest BCUT2D eigenvalue weighted by Crippen LogP contribution is -1.99. The van der Waals surface area contributed by atoms with Crippen LogP contribution in [0, 0.1) is 0 Å². The van der Waals surface area contributed by atoms with Crippen LogP contribution in [-0.2, 0) is 16.8 Å². The second-order valence-corrected chi connectivity index (χ2v) is 3.35. The van der Waals surface area contributed by atoms with Crippen LogP contribution < -0.4 is 0 Å². The van der Waals surface area contributed by atoms with E-state index in [0.29, 0.717) is 5.56 Å². The van der Waals surface area contributed by atoms with Crippen molar-refractivity contribution in [3.05, 3.63) is 35.4 Å². The van der Waals surface area contributed by atoms with Crippen LogP contribution in [0.25, 0.3) is 0 Å². The maximum Gasteiger partial charge on any atom is 0.335 e. The lowest BCUT2D eigenvalue weighted by molar-refractivity contribution is 0.0696. The molecular formula is C8H7O4S-. The Hall–Kier alpha value is -1.20. The molecule has 0 saturated heterocycles. The van der Waals surface area contributed by atoms with E-state index in [0.717, 1.165) is 0 Å². The Labute approximate surface area is 77.5 Å². The fraction of sp³-hybridized carbons (Fsp3) is 0.125. The zero-order chi connectivity index (χ0) is 9.84. The minimum atomic E-state index is -2.18. The standard InChI is InChI=1S/C8H8O4S/c9-8(10)7-3-1-2-6(4-7)5-13(11)12/h1-4H,5H2,(H,9,10)(H,11,12)/p-1. The van der Waals surface area contributed by atoms with Crippen LogP contribution in [0.2, 0.25) is 0 Å². The van der Waals surface area contributed by atoms with Gasteiger partial charge < -0.3 is 9.66 Å². The minimum absolute atomic E-state index is 0.1000. The molecule has 13 heavy (non-hydrogen) atoms. The molecule has 0 heterocycles. The maximum atomic E-state index is 10.5. The molecule has 0 spiro atoms. The van der Waals surface area contributed by atoms with E-state index in [-0.39, 0.29) is 11.3 Å². The first-order valence-corrected chi connectivity index (χ1v) is 4.72. The third-order valence-electron chi connectivity index (χ3n) is 1.46. The molecule has 0 aromatic heterocycles. The number of rotatable bonds is 3.